The minimum absolute atomic E-state index is 0.312. The van der Waals surface area contributed by atoms with Crippen LogP contribution in [0.4, 0.5) is 0 Å². The molecule has 1 aromatic rings. The Hall–Kier alpha value is -1.51. The van der Waals surface area contributed by atoms with Crippen LogP contribution in [0.1, 0.15) is 12.0 Å². The standard InChI is InChI=1S/C11H14N2O/c14-10-4-2-9(3-5-10)8-11-12-6-1-7-13-11/h2-5,14H,1,6-8H2,(H,12,13). The van der Waals surface area contributed by atoms with E-state index in [1.807, 2.05) is 12.1 Å². The lowest BCUT2D eigenvalue weighted by atomic mass is 10.1. The lowest BCUT2D eigenvalue weighted by molar-refractivity contribution is 0.475. The summed E-state index contributed by atoms with van der Waals surface area (Å²) in [6.45, 7) is 1.96. The van der Waals surface area contributed by atoms with Crippen molar-refractivity contribution in [1.29, 1.82) is 0 Å². The van der Waals surface area contributed by atoms with Crippen LogP contribution in [-0.2, 0) is 6.42 Å². The van der Waals surface area contributed by atoms with Gasteiger partial charge in [-0.25, -0.2) is 0 Å². The summed E-state index contributed by atoms with van der Waals surface area (Å²) in [5.41, 5.74) is 1.18. The number of aromatic hydroxyl groups is 1. The van der Waals surface area contributed by atoms with E-state index in [1.54, 1.807) is 12.1 Å². The van der Waals surface area contributed by atoms with Crippen LogP contribution in [0, 0.1) is 0 Å². The van der Waals surface area contributed by atoms with Crippen LogP contribution in [0.3, 0.4) is 0 Å². The molecule has 0 fully saturated rings. The Morgan fingerprint density at radius 3 is 2.71 bits per heavy atom. The van der Waals surface area contributed by atoms with E-state index in [-0.39, 0.29) is 0 Å². The molecule has 0 spiro atoms. The molecule has 0 aromatic heterocycles. The third-order valence-corrected chi connectivity index (χ3v) is 2.27. The Kier molecular flexibility index (Phi) is 2.68. The second-order valence-electron chi connectivity index (χ2n) is 3.45. The SMILES string of the molecule is Oc1ccc(CC2=NCCCN2)cc1. The molecule has 1 heterocycles. The van der Waals surface area contributed by atoms with E-state index >= 15 is 0 Å². The largest absolute Gasteiger partial charge is 0.508 e. The molecule has 0 amide bonds. The predicted octanol–water partition coefficient (Wildman–Crippen LogP) is 1.33. The van der Waals surface area contributed by atoms with Gasteiger partial charge in [0.2, 0.25) is 0 Å². The van der Waals surface area contributed by atoms with Crippen molar-refractivity contribution in [2.24, 2.45) is 4.99 Å². The van der Waals surface area contributed by atoms with E-state index in [0.717, 1.165) is 31.8 Å². The van der Waals surface area contributed by atoms with Crippen molar-refractivity contribution in [2.45, 2.75) is 12.8 Å². The van der Waals surface area contributed by atoms with Crippen LogP contribution in [0.25, 0.3) is 0 Å². The number of phenolic OH excluding ortho intramolecular Hbond substituents is 1. The van der Waals surface area contributed by atoms with E-state index in [9.17, 15) is 0 Å². The second-order valence-corrected chi connectivity index (χ2v) is 3.45. The Bertz CT molecular complexity index is 330. The van der Waals surface area contributed by atoms with Gasteiger partial charge in [0, 0.05) is 19.5 Å². The first-order valence-corrected chi connectivity index (χ1v) is 4.90. The Morgan fingerprint density at radius 1 is 1.29 bits per heavy atom. The minimum atomic E-state index is 0.312. The molecule has 14 heavy (non-hydrogen) atoms. The number of benzene rings is 1. The number of aliphatic imine (C=N–C) groups is 1. The zero-order valence-electron chi connectivity index (χ0n) is 8.03. The molecule has 0 unspecified atom stereocenters. The minimum Gasteiger partial charge on any atom is -0.508 e. The molecule has 0 saturated carbocycles. The molecule has 2 N–H and O–H groups in total. The van der Waals surface area contributed by atoms with Gasteiger partial charge in [-0.05, 0) is 24.1 Å². The first-order valence-electron chi connectivity index (χ1n) is 4.90. The molecule has 3 heteroatoms. The molecular formula is C11H14N2O. The molecule has 2 rings (SSSR count). The number of hydrogen-bond acceptors (Lipinski definition) is 3. The Morgan fingerprint density at radius 2 is 2.07 bits per heavy atom. The third kappa shape index (κ3) is 2.25. The molecule has 1 aliphatic rings. The van der Waals surface area contributed by atoms with Crippen molar-refractivity contribution >= 4 is 5.84 Å². The van der Waals surface area contributed by atoms with Crippen LogP contribution in [-0.4, -0.2) is 24.0 Å². The monoisotopic (exact) mass is 190 g/mol. The summed E-state index contributed by atoms with van der Waals surface area (Å²) in [7, 11) is 0. The number of nitrogens with one attached hydrogen (secondary N) is 1. The topological polar surface area (TPSA) is 44.6 Å². The van der Waals surface area contributed by atoms with Gasteiger partial charge in [0.25, 0.3) is 0 Å². The van der Waals surface area contributed by atoms with Gasteiger partial charge in [0.05, 0.1) is 0 Å². The van der Waals surface area contributed by atoms with E-state index in [4.69, 9.17) is 5.11 Å². The van der Waals surface area contributed by atoms with E-state index in [2.05, 4.69) is 10.3 Å². The average Bonchev–Trinajstić information content (AvgIpc) is 2.23. The van der Waals surface area contributed by atoms with Crippen molar-refractivity contribution in [2.75, 3.05) is 13.1 Å². The molecular weight excluding hydrogens is 176 g/mol. The highest BCUT2D eigenvalue weighted by Crippen LogP contribution is 2.10. The summed E-state index contributed by atoms with van der Waals surface area (Å²) in [5.74, 6) is 1.37. The fourth-order valence-electron chi connectivity index (χ4n) is 1.51. The summed E-state index contributed by atoms with van der Waals surface area (Å²) in [5, 5.41) is 12.4. The van der Waals surface area contributed by atoms with E-state index in [1.165, 1.54) is 5.56 Å². The zero-order chi connectivity index (χ0) is 9.80. The van der Waals surface area contributed by atoms with Crippen LogP contribution in [0.15, 0.2) is 29.3 Å². The molecule has 0 atom stereocenters. The van der Waals surface area contributed by atoms with Gasteiger partial charge in [-0.3, -0.25) is 4.99 Å². The maximum Gasteiger partial charge on any atom is 0.115 e. The third-order valence-electron chi connectivity index (χ3n) is 2.27. The number of phenols is 1. The maximum absolute atomic E-state index is 9.12. The average molecular weight is 190 g/mol. The van der Waals surface area contributed by atoms with Gasteiger partial charge in [-0.15, -0.1) is 0 Å². The first kappa shape index (κ1) is 9.06. The molecule has 0 radical (unpaired) electrons. The fourth-order valence-corrected chi connectivity index (χ4v) is 1.51. The van der Waals surface area contributed by atoms with Crippen LogP contribution < -0.4 is 5.32 Å². The summed E-state index contributed by atoms with van der Waals surface area (Å²) in [4.78, 5) is 4.39. The molecule has 1 aromatic carbocycles. The number of hydrogen-bond donors (Lipinski definition) is 2. The predicted molar refractivity (Wildman–Crippen MR) is 56.7 cm³/mol. The Labute approximate surface area is 83.5 Å². The number of rotatable bonds is 2. The summed E-state index contributed by atoms with van der Waals surface area (Å²) in [6, 6.07) is 7.26. The molecule has 0 aliphatic carbocycles. The second kappa shape index (κ2) is 4.13. The van der Waals surface area contributed by atoms with Crippen LogP contribution in [0.2, 0.25) is 0 Å². The van der Waals surface area contributed by atoms with Crippen molar-refractivity contribution in [3.05, 3.63) is 29.8 Å². The highest BCUT2D eigenvalue weighted by molar-refractivity contribution is 5.84. The van der Waals surface area contributed by atoms with Crippen LogP contribution in [0.5, 0.6) is 5.75 Å². The van der Waals surface area contributed by atoms with Gasteiger partial charge in [0.1, 0.15) is 11.6 Å². The maximum atomic E-state index is 9.12. The number of amidine groups is 1. The smallest absolute Gasteiger partial charge is 0.115 e. The normalized spacial score (nSPS) is 15.9. The molecule has 3 nitrogen and oxygen atoms in total. The summed E-state index contributed by atoms with van der Waals surface area (Å²) in [6.07, 6.45) is 1.96. The van der Waals surface area contributed by atoms with E-state index in [0.29, 0.717) is 5.75 Å². The van der Waals surface area contributed by atoms with Crippen molar-refractivity contribution in [3.63, 3.8) is 0 Å². The van der Waals surface area contributed by atoms with Crippen molar-refractivity contribution in [3.8, 4) is 5.75 Å². The lowest BCUT2D eigenvalue weighted by Gasteiger charge is -2.14. The highest BCUT2D eigenvalue weighted by atomic mass is 16.3. The van der Waals surface area contributed by atoms with Gasteiger partial charge in [-0.2, -0.15) is 0 Å². The molecule has 1 aliphatic heterocycles. The van der Waals surface area contributed by atoms with Gasteiger partial charge in [-0.1, -0.05) is 12.1 Å². The molecule has 0 bridgehead atoms. The zero-order valence-corrected chi connectivity index (χ0v) is 8.03. The summed E-state index contributed by atoms with van der Waals surface area (Å²) < 4.78 is 0. The summed E-state index contributed by atoms with van der Waals surface area (Å²) >= 11 is 0. The quantitative estimate of drug-likeness (QED) is 0.739. The van der Waals surface area contributed by atoms with Gasteiger partial charge >= 0.3 is 0 Å². The van der Waals surface area contributed by atoms with Crippen molar-refractivity contribution < 1.29 is 5.11 Å². The van der Waals surface area contributed by atoms with Gasteiger partial charge in [0.15, 0.2) is 0 Å². The first-order chi connectivity index (χ1) is 6.84. The highest BCUT2D eigenvalue weighted by Gasteiger charge is 2.04. The number of nitrogens with zero attached hydrogens (tertiary/aromatic N) is 1. The molecule has 74 valence electrons. The van der Waals surface area contributed by atoms with E-state index < -0.39 is 0 Å². The van der Waals surface area contributed by atoms with Gasteiger partial charge < -0.3 is 10.4 Å². The van der Waals surface area contributed by atoms with Crippen LogP contribution >= 0.6 is 0 Å². The fraction of sp³-hybridized carbons (Fsp3) is 0.364. The molecule has 0 saturated heterocycles. The lowest BCUT2D eigenvalue weighted by Crippen LogP contribution is -2.30. The Balaban J connectivity index is 2.03. The van der Waals surface area contributed by atoms with Crippen molar-refractivity contribution in [1.82, 2.24) is 5.32 Å².